The van der Waals surface area contributed by atoms with Crippen LogP contribution in [0, 0.1) is 0 Å². The van der Waals surface area contributed by atoms with E-state index in [1.807, 2.05) is 127 Å². The molecular weight excluding hydrogens is 1290 g/mol. The van der Waals surface area contributed by atoms with Crippen molar-refractivity contribution >= 4 is 128 Å². The lowest BCUT2D eigenvalue weighted by atomic mass is 9.33. The third-order valence-electron chi connectivity index (χ3n) is 19.9. The Balaban J connectivity index is 0.864. The van der Waals surface area contributed by atoms with Crippen molar-refractivity contribution in [2.75, 3.05) is 9.80 Å². The summed E-state index contributed by atoms with van der Waals surface area (Å²) in [6.45, 7) is 6.62. The summed E-state index contributed by atoms with van der Waals surface area (Å²) in [5, 5.41) is 0. The highest BCUT2D eigenvalue weighted by molar-refractivity contribution is 7.00. The van der Waals surface area contributed by atoms with E-state index in [9.17, 15) is 0 Å². The van der Waals surface area contributed by atoms with Crippen LogP contribution in [0.25, 0.3) is 33.4 Å². The van der Waals surface area contributed by atoms with Crippen LogP contribution < -0.4 is 26.2 Å². The molecule has 0 saturated carbocycles. The quantitative estimate of drug-likeness (QED) is 0.118. The predicted molar refractivity (Wildman–Crippen MR) is 429 cm³/mol. The second-order valence-corrected chi connectivity index (χ2v) is 27.5. The van der Waals surface area contributed by atoms with Crippen LogP contribution in [0.2, 0.25) is 0 Å². The molecule has 0 spiro atoms. The van der Waals surface area contributed by atoms with Gasteiger partial charge in [0.15, 0.2) is 35.0 Å². The smallest absolute Gasteiger partial charge is 0.252 e. The number of benzene rings is 12. The number of hydrogen-bond donors (Lipinski definition) is 0. The Morgan fingerprint density at radius 3 is 0.819 bits per heavy atom. The van der Waals surface area contributed by atoms with Gasteiger partial charge in [-0.25, -0.2) is 9.80 Å². The number of anilines is 6. The van der Waals surface area contributed by atoms with Gasteiger partial charge in [0.05, 0.1) is 0 Å². The van der Waals surface area contributed by atoms with E-state index in [2.05, 4.69) is 206 Å². The monoisotopic (exact) mass is 1350 g/mol. The fraction of sp³-hybridized carbons (Fsp3) is 0.0455. The van der Waals surface area contributed by atoms with Crippen molar-refractivity contribution in [2.45, 2.75) is 26.2 Å². The van der Waals surface area contributed by atoms with Crippen LogP contribution in [-0.2, 0) is 5.41 Å². The topological polar surface area (TPSA) is 161 Å². The van der Waals surface area contributed by atoms with Crippen molar-refractivity contribution in [3.05, 3.63) is 342 Å². The van der Waals surface area contributed by atoms with Gasteiger partial charge < -0.3 is 9.80 Å². The number of aliphatic imine (C=N–C) groups is 12. The van der Waals surface area contributed by atoms with E-state index in [0.29, 0.717) is 81.9 Å². The van der Waals surface area contributed by atoms with Gasteiger partial charge in [-0.2, -0.15) is 59.9 Å². The van der Waals surface area contributed by atoms with Gasteiger partial charge in [0.25, 0.3) is 6.71 Å². The summed E-state index contributed by atoms with van der Waals surface area (Å²) in [6, 6.07) is 106. The molecule has 8 aliphatic rings. The van der Waals surface area contributed by atoms with E-state index in [4.69, 9.17) is 59.9 Å². The summed E-state index contributed by atoms with van der Waals surface area (Å²) >= 11 is 0. The lowest BCUT2D eigenvalue weighted by Crippen LogP contribution is -2.61. The predicted octanol–water partition coefficient (Wildman–Crippen LogP) is 16.2. The standard InChI is InChI=1S/C88H59BN16/c1-88(2,3)66-52-73-75-74(53-66)103(72-46-42-63(56-29-15-6-16-30-56)51-70(72)89(75)69-50-62(55-27-13-5-14-28-55)41-45-71(69)102(73)67-43-39-57(40-44-67)54-25-11-4-12-26-54)68-48-64(80-98-84-94-76(58-31-17-7-18-32-58)90-82-91-77(59-33-19-8-20-34-59)95-85(99-80)104(82)84)47-65(49-68)81-100-86-96-78(60-35-21-9-22-36-60)92-83-93-79(61-37-23-10-24-38-61)97-87(101-81)105(83)86/h4-53H,1-3H3. The van der Waals surface area contributed by atoms with Crippen molar-refractivity contribution in [1.82, 2.24) is 9.80 Å². The van der Waals surface area contributed by atoms with E-state index < -0.39 is 0 Å². The van der Waals surface area contributed by atoms with Crippen LogP contribution in [0.4, 0.5) is 34.1 Å². The molecule has 0 aromatic heterocycles. The number of fused-ring (bicyclic) bond motifs is 4. The molecule has 0 radical (unpaired) electrons. The maximum atomic E-state index is 5.45. The molecule has 0 unspecified atom stereocenters. The third-order valence-corrected chi connectivity index (χ3v) is 19.9. The maximum Gasteiger partial charge on any atom is 0.252 e. The lowest BCUT2D eigenvalue weighted by molar-refractivity contribution is 0.590. The summed E-state index contributed by atoms with van der Waals surface area (Å²) in [4.78, 5) is 71.3. The van der Waals surface area contributed by atoms with Gasteiger partial charge in [-0.1, -0.05) is 269 Å². The molecule has 0 bridgehead atoms. The average molecular weight is 1350 g/mol. The van der Waals surface area contributed by atoms with Gasteiger partial charge in [-0.3, -0.25) is 0 Å². The third kappa shape index (κ3) is 10.6. The molecule has 0 amide bonds. The molecule has 8 aliphatic heterocycles. The molecule has 0 fully saturated rings. The van der Waals surface area contributed by atoms with Gasteiger partial charge >= 0.3 is 0 Å². The van der Waals surface area contributed by atoms with Gasteiger partial charge in [0.1, 0.15) is 0 Å². The molecule has 0 saturated heterocycles. The largest absolute Gasteiger partial charge is 0.311 e. The molecule has 12 aromatic rings. The van der Waals surface area contributed by atoms with Gasteiger partial charge in [-0.05, 0) is 115 Å². The first-order valence-electron chi connectivity index (χ1n) is 35.0. The Morgan fingerprint density at radius 2 is 0.495 bits per heavy atom. The Bertz CT molecular complexity index is 5760. The van der Waals surface area contributed by atoms with E-state index in [1.54, 1.807) is 9.80 Å². The number of amidine groups is 6. The van der Waals surface area contributed by atoms with Crippen molar-refractivity contribution in [3.8, 4) is 33.4 Å². The van der Waals surface area contributed by atoms with Crippen molar-refractivity contribution in [1.29, 1.82) is 0 Å². The van der Waals surface area contributed by atoms with Crippen LogP contribution in [0.15, 0.2) is 363 Å². The molecule has 17 heteroatoms. The summed E-state index contributed by atoms with van der Waals surface area (Å²) in [7, 11) is 0. The van der Waals surface area contributed by atoms with Crippen LogP contribution in [0.5, 0.6) is 0 Å². The zero-order valence-corrected chi connectivity index (χ0v) is 57.1. The molecule has 105 heavy (non-hydrogen) atoms. The highest BCUT2D eigenvalue weighted by atomic mass is 15.5. The molecule has 8 heterocycles. The number of hydrogen-bond acceptors (Lipinski definition) is 16. The summed E-state index contributed by atoms with van der Waals surface area (Å²) in [5.41, 5.74) is 21.3. The van der Waals surface area contributed by atoms with E-state index >= 15 is 0 Å². The first-order chi connectivity index (χ1) is 51.6. The molecular formula is C88H59BN16. The average Bonchev–Trinajstić information content (AvgIpc) is 0.693. The first-order valence-corrected chi connectivity index (χ1v) is 35.0. The zero-order chi connectivity index (χ0) is 69.9. The molecule has 0 N–H and O–H groups in total. The minimum absolute atomic E-state index is 0.271. The van der Waals surface area contributed by atoms with E-state index in [1.165, 1.54) is 5.46 Å². The number of guanidine groups is 6. The highest BCUT2D eigenvalue weighted by Crippen LogP contribution is 2.48. The van der Waals surface area contributed by atoms with Gasteiger partial charge in [0, 0.05) is 67.5 Å². The van der Waals surface area contributed by atoms with Crippen molar-refractivity contribution in [3.63, 3.8) is 0 Å². The van der Waals surface area contributed by atoms with Crippen LogP contribution in [0.1, 0.15) is 59.7 Å². The molecule has 0 atom stereocenters. The SMILES string of the molecule is CC(C)(C)c1cc2c3c(c1)N(c1cc(C4=NC5=NC(c6ccccc6)=NC6=NC(c7ccccc7)=NC(=N4)N65)cc(C4=NC5=NC(c6ccccc6)=NC6=NC(c7ccccc7)=NC(=N4)N65)c1)c1ccc(-c4ccccc4)cc1B3c1cc(-c3ccccc3)ccc1N2c1ccc(-c2ccccc2)cc1. The zero-order valence-electron chi connectivity index (χ0n) is 57.1. The number of rotatable bonds is 11. The summed E-state index contributed by atoms with van der Waals surface area (Å²) in [6.07, 6.45) is 0. The van der Waals surface area contributed by atoms with Gasteiger partial charge in [0.2, 0.25) is 35.8 Å². The lowest BCUT2D eigenvalue weighted by Gasteiger charge is -2.45. The Kier molecular flexibility index (Phi) is 14.1. The van der Waals surface area contributed by atoms with Crippen molar-refractivity contribution in [2.24, 2.45) is 59.9 Å². The second kappa shape index (κ2) is 24.4. The molecule has 0 aliphatic carbocycles. The van der Waals surface area contributed by atoms with E-state index in [0.717, 1.165) is 106 Å². The van der Waals surface area contributed by atoms with Crippen LogP contribution in [-0.4, -0.2) is 87.3 Å². The summed E-state index contributed by atoms with van der Waals surface area (Å²) < 4.78 is 0. The molecule has 20 rings (SSSR count). The minimum Gasteiger partial charge on any atom is -0.311 e. The highest BCUT2D eigenvalue weighted by Gasteiger charge is 2.46. The van der Waals surface area contributed by atoms with Crippen molar-refractivity contribution < 1.29 is 0 Å². The summed E-state index contributed by atoms with van der Waals surface area (Å²) in [5.74, 6) is 4.33. The Hall–Kier alpha value is -14.1. The van der Waals surface area contributed by atoms with Crippen LogP contribution in [0.3, 0.4) is 0 Å². The molecule has 12 aromatic carbocycles. The fourth-order valence-corrected chi connectivity index (χ4v) is 14.7. The fourth-order valence-electron chi connectivity index (χ4n) is 14.7. The molecule has 16 nitrogen and oxygen atoms in total. The van der Waals surface area contributed by atoms with Gasteiger partial charge in [-0.15, -0.1) is 0 Å². The minimum atomic E-state index is -0.344. The molecule has 494 valence electrons. The van der Waals surface area contributed by atoms with E-state index in [-0.39, 0.29) is 12.1 Å². The first kappa shape index (κ1) is 60.9. The Labute approximate surface area is 605 Å². The van der Waals surface area contributed by atoms with Crippen LogP contribution >= 0.6 is 0 Å². The number of nitrogens with zero attached hydrogens (tertiary/aromatic N) is 16. The second-order valence-electron chi connectivity index (χ2n) is 27.5. The maximum absolute atomic E-state index is 5.45. The normalized spacial score (nSPS) is 15.8. The Morgan fingerprint density at radius 1 is 0.219 bits per heavy atom.